The molecule has 1 unspecified atom stereocenters. The number of nitrogens with zero attached hydrogens (tertiary/aromatic N) is 4. The predicted molar refractivity (Wildman–Crippen MR) is 209 cm³/mol. The number of para-hydroxylation sites is 1. The van der Waals surface area contributed by atoms with Gasteiger partial charge in [0.25, 0.3) is 0 Å². The fourth-order valence-corrected chi connectivity index (χ4v) is 9.31. The van der Waals surface area contributed by atoms with Gasteiger partial charge in [-0.25, -0.2) is 0 Å². The molecule has 5 heterocycles. The normalized spacial score (nSPS) is 20.5. The zero-order valence-electron chi connectivity index (χ0n) is 31.7. The zero-order chi connectivity index (χ0) is 41.2. The molecule has 1 amide bonds. The van der Waals surface area contributed by atoms with E-state index >= 15 is 0 Å². The van der Waals surface area contributed by atoms with Crippen LogP contribution in [0.3, 0.4) is 0 Å². The molecule has 58 heavy (non-hydrogen) atoms. The van der Waals surface area contributed by atoms with Crippen molar-refractivity contribution in [1.29, 1.82) is 0 Å². The molecule has 2 aliphatic rings. The van der Waals surface area contributed by atoms with E-state index < -0.39 is 73.4 Å². The van der Waals surface area contributed by atoms with E-state index in [1.807, 2.05) is 18.7 Å². The number of benzene rings is 2. The van der Waals surface area contributed by atoms with Gasteiger partial charge in [0.05, 0.1) is 0 Å². The summed E-state index contributed by atoms with van der Waals surface area (Å²) in [6, 6.07) is 16.0. The van der Waals surface area contributed by atoms with E-state index in [9.17, 15) is 33.0 Å². The average Bonchev–Trinajstić information content (AvgIpc) is 3.86. The summed E-state index contributed by atoms with van der Waals surface area (Å²) in [5.41, 5.74) is 1.05. The van der Waals surface area contributed by atoms with Crippen LogP contribution in [0.15, 0.2) is 88.1 Å². The van der Waals surface area contributed by atoms with Gasteiger partial charge in [-0.2, -0.15) is 0 Å². The molecule has 1 saturated heterocycles. The number of rotatable bonds is 14. The summed E-state index contributed by atoms with van der Waals surface area (Å²) >= 11 is 4.30. The molecule has 2 aromatic carbocycles. The number of fused-ring (bicyclic) bond motifs is 2. The summed E-state index contributed by atoms with van der Waals surface area (Å²) in [7, 11) is 0. The van der Waals surface area contributed by atoms with Crippen molar-refractivity contribution in [3.8, 4) is 17.1 Å². The van der Waals surface area contributed by atoms with E-state index in [2.05, 4.69) is 15.3 Å². The van der Waals surface area contributed by atoms with Gasteiger partial charge in [0.1, 0.15) is 0 Å². The van der Waals surface area contributed by atoms with Gasteiger partial charge in [0.2, 0.25) is 0 Å². The number of piperazine rings is 1. The van der Waals surface area contributed by atoms with E-state index in [0.717, 1.165) is 10.9 Å². The number of carbonyl (C=O) groups is 2. The number of amides is 1. The summed E-state index contributed by atoms with van der Waals surface area (Å²) in [4.78, 5) is 40.2. The Kier molecular flexibility index (Phi) is 12.7. The fourth-order valence-electron chi connectivity index (χ4n) is 7.53. The summed E-state index contributed by atoms with van der Waals surface area (Å²) < 4.78 is 57.5. The number of aliphatic hydroxyl groups is 2. The topological polar surface area (TPSA) is 154 Å². The number of hydrogen-bond donors (Lipinski definition) is 3. The molecule has 1 radical (unpaired) electrons. The molecule has 3 aromatic heterocycles. The second kappa shape index (κ2) is 17.5. The molecule has 12 nitrogen and oxygen atoms in total. The van der Waals surface area contributed by atoms with Crippen LogP contribution in [0, 0.1) is 5.92 Å². The first-order valence-corrected chi connectivity index (χ1v) is 21.5. The van der Waals surface area contributed by atoms with Crippen molar-refractivity contribution in [1.82, 2.24) is 25.1 Å². The fraction of sp³-hybridized carbons (Fsp3) is 0.415. The molecule has 5 atom stereocenters. The molecule has 1 fully saturated rings. The van der Waals surface area contributed by atoms with Gasteiger partial charge in [-0.15, -0.1) is 0 Å². The summed E-state index contributed by atoms with van der Waals surface area (Å²) in [6.07, 6.45) is -1.89. The van der Waals surface area contributed by atoms with Crippen molar-refractivity contribution in [3.63, 3.8) is 0 Å². The molecule has 3 N–H and O–H groups in total. The Labute approximate surface area is 344 Å². The number of oxazole rings is 1. The van der Waals surface area contributed by atoms with E-state index in [0.29, 0.717) is 45.9 Å². The van der Waals surface area contributed by atoms with Gasteiger partial charge >= 0.3 is 300 Å². The number of nitrogens with one attached hydrogen (secondary N) is 1. The Morgan fingerprint density at radius 1 is 1.07 bits per heavy atom. The van der Waals surface area contributed by atoms with Crippen molar-refractivity contribution < 1.29 is 46.5 Å². The number of ether oxygens (including phenoxy) is 1. The molecule has 0 saturated carbocycles. The first-order valence-electron chi connectivity index (χ1n) is 18.8. The third-order valence-corrected chi connectivity index (χ3v) is 13.3. The van der Waals surface area contributed by atoms with Gasteiger partial charge < -0.3 is 4.74 Å². The second-order valence-electron chi connectivity index (χ2n) is 15.1. The molecule has 2 aliphatic heterocycles. The summed E-state index contributed by atoms with van der Waals surface area (Å²) in [5, 5.41) is 25.7. The van der Waals surface area contributed by atoms with Crippen molar-refractivity contribution >= 4 is 48.8 Å². The number of halogens is 4. The Morgan fingerprint density at radius 3 is 2.60 bits per heavy atom. The third-order valence-electron chi connectivity index (χ3n) is 10.7. The maximum atomic E-state index is 14.1. The minimum absolute atomic E-state index is 0.0277. The number of aliphatic hydroxyl groups excluding tert-OH is 2. The number of pyridine rings is 1. The van der Waals surface area contributed by atoms with Crippen LogP contribution in [-0.2, 0) is 21.5 Å². The second-order valence-corrected chi connectivity index (χ2v) is 17.8. The van der Waals surface area contributed by atoms with E-state index in [-0.39, 0.29) is 39.1 Å². The molecule has 0 aliphatic carbocycles. The quantitative estimate of drug-likeness (QED) is 0.116. The number of aromatic nitrogens is 2. The van der Waals surface area contributed by atoms with Crippen LogP contribution in [0.25, 0.3) is 22.3 Å². The Morgan fingerprint density at radius 2 is 1.84 bits per heavy atom. The minimum atomic E-state index is -4.49. The zero-order valence-corrected chi connectivity index (χ0v) is 34.4. The van der Waals surface area contributed by atoms with Gasteiger partial charge in [0, 0.05) is 6.20 Å². The Balaban J connectivity index is 1.09. The number of alkyl halides is 3. The van der Waals surface area contributed by atoms with Gasteiger partial charge in [-0.3, -0.25) is 4.98 Å². The molecule has 0 spiro atoms. The van der Waals surface area contributed by atoms with Gasteiger partial charge in [-0.05, 0) is 6.07 Å². The van der Waals surface area contributed by atoms with Gasteiger partial charge in [0.15, 0.2) is 0 Å². The van der Waals surface area contributed by atoms with Crippen LogP contribution in [0.2, 0.25) is 10.2 Å². The monoisotopic (exact) mass is 884 g/mol. The number of carbonyl (C=O) groups excluding carboxylic acids is 2. The summed E-state index contributed by atoms with van der Waals surface area (Å²) in [5.74, 6) is 0.587. The molecule has 7 rings (SSSR count). The summed E-state index contributed by atoms with van der Waals surface area (Å²) in [6.45, 7) is 4.36. The third kappa shape index (κ3) is 9.78. The van der Waals surface area contributed by atoms with E-state index in [1.54, 1.807) is 84.2 Å². The van der Waals surface area contributed by atoms with Crippen LogP contribution < -0.4 is 10.1 Å². The Hall–Kier alpha value is -4.24. The molecular formula is C41H43AsClF3N5O7. The average molecular weight is 885 g/mol. The molecule has 307 valence electrons. The predicted octanol–water partition coefficient (Wildman–Crippen LogP) is 5.79. The van der Waals surface area contributed by atoms with Crippen molar-refractivity contribution in [2.75, 3.05) is 32.8 Å². The number of hydrogen-bond acceptors (Lipinski definition) is 11. The van der Waals surface area contributed by atoms with Crippen LogP contribution >= 0.6 is 11.6 Å². The molecule has 0 bridgehead atoms. The van der Waals surface area contributed by atoms with Crippen molar-refractivity contribution in [3.05, 3.63) is 101 Å². The van der Waals surface area contributed by atoms with E-state index in [1.165, 1.54) is 0 Å². The van der Waals surface area contributed by atoms with Crippen LogP contribution in [-0.4, -0.2) is 113 Å². The number of furan rings is 1. The maximum absolute atomic E-state index is 14.1. The first kappa shape index (κ1) is 41.9. The standard InChI is InChI=1S/C41H43AsClF3N5O7/c1-40(2,39-48-19-35(58-39)24-7-9-27(43)10-8-24)51-14-13-50(31(21-51)37(54)42-23-41(44,45)46)20-28(52)15-26(17-29-16-25-11-12-47-18-34(25)57-29)38(55)49-36-30-5-3-4-6-33(30)56-22-32(36)53/h3-12,16,18-19,26,28,31-32,36,52-53H,13-15,17,20-23H2,1-2H3,(H,49,55)/t26?,28-,31-,32+,36-/m0/s1. The van der Waals surface area contributed by atoms with Crippen LogP contribution in [0.4, 0.5) is 13.2 Å². The Bertz CT molecular complexity index is 2180. The van der Waals surface area contributed by atoms with Crippen molar-refractivity contribution in [2.45, 2.75) is 67.9 Å². The van der Waals surface area contributed by atoms with E-state index in [4.69, 9.17) is 25.2 Å². The number of β-amino-alcohol motifs (C(OH)–C–C–N with tert-alkyl or cyclic N) is 1. The molecular weight excluding hydrogens is 842 g/mol. The molecule has 17 heteroatoms. The first-order chi connectivity index (χ1) is 27.6. The van der Waals surface area contributed by atoms with Crippen LogP contribution in [0.1, 0.15) is 43.5 Å². The van der Waals surface area contributed by atoms with Crippen LogP contribution in [0.5, 0.6) is 5.75 Å². The molecule has 5 aromatic rings. The van der Waals surface area contributed by atoms with Gasteiger partial charge in [-0.1, -0.05) is 23.7 Å². The van der Waals surface area contributed by atoms with Crippen molar-refractivity contribution in [2.24, 2.45) is 5.92 Å². The SMILES string of the molecule is CC(C)(c1ncc(-c2ccc(Cl)cc2)o1)N1CCN(C[C@@H](O)CC(Cc2cc3ccncc3o2)C(=O)N[C@H]2c3ccccc3OC[C@H]2O)[C@H](C(=O)[As]CC(F)(F)F)C1.